The van der Waals surface area contributed by atoms with Crippen LogP contribution in [0.15, 0.2) is 24.3 Å². The van der Waals surface area contributed by atoms with Crippen LogP contribution in [0.5, 0.6) is 0 Å². The Kier molecular flexibility index (Phi) is 14.0. The van der Waals surface area contributed by atoms with Gasteiger partial charge in [-0.15, -0.1) is 6.42 Å². The van der Waals surface area contributed by atoms with Gasteiger partial charge < -0.3 is 26.0 Å². The van der Waals surface area contributed by atoms with E-state index in [0.29, 0.717) is 24.1 Å². The number of carbonyl (C=O) groups is 4. The van der Waals surface area contributed by atoms with Gasteiger partial charge in [0.05, 0.1) is 0 Å². The number of nitrogens with zero attached hydrogens (tertiary/aromatic N) is 1. The molecule has 2 unspecified atom stereocenters. The van der Waals surface area contributed by atoms with E-state index in [9.17, 15) is 19.2 Å². The SMILES string of the molecule is C#Cc1ccc(C(C(=O)NCCCCC)N(CCCC)C(=O)C(CCC(N)=O)NC(=O)OC(C)(C)C)cc1. The molecular formula is C29H44N4O5. The molecule has 210 valence electrons. The summed E-state index contributed by atoms with van der Waals surface area (Å²) in [6, 6.07) is 4.83. The van der Waals surface area contributed by atoms with Crippen LogP contribution < -0.4 is 16.4 Å². The second kappa shape index (κ2) is 16.3. The second-order valence-corrected chi connectivity index (χ2v) is 10.3. The van der Waals surface area contributed by atoms with E-state index in [1.54, 1.807) is 45.0 Å². The maximum Gasteiger partial charge on any atom is 0.408 e. The molecule has 0 bridgehead atoms. The van der Waals surface area contributed by atoms with Crippen molar-refractivity contribution >= 4 is 23.8 Å². The van der Waals surface area contributed by atoms with Crippen LogP contribution >= 0.6 is 0 Å². The van der Waals surface area contributed by atoms with Crippen molar-refractivity contribution in [1.29, 1.82) is 0 Å². The lowest BCUT2D eigenvalue weighted by molar-refractivity contribution is -0.142. The average Bonchev–Trinajstić information content (AvgIpc) is 2.85. The van der Waals surface area contributed by atoms with Crippen LogP contribution in [0.4, 0.5) is 4.79 Å². The fraction of sp³-hybridized carbons (Fsp3) is 0.586. The molecule has 1 aromatic carbocycles. The summed E-state index contributed by atoms with van der Waals surface area (Å²) >= 11 is 0. The summed E-state index contributed by atoms with van der Waals surface area (Å²) < 4.78 is 5.35. The lowest BCUT2D eigenvalue weighted by Gasteiger charge is -2.34. The van der Waals surface area contributed by atoms with E-state index in [4.69, 9.17) is 16.9 Å². The van der Waals surface area contributed by atoms with Crippen molar-refractivity contribution in [3.05, 3.63) is 35.4 Å². The largest absolute Gasteiger partial charge is 0.444 e. The number of hydrogen-bond acceptors (Lipinski definition) is 5. The summed E-state index contributed by atoms with van der Waals surface area (Å²) in [6.45, 7) is 9.92. The number of amides is 4. The van der Waals surface area contributed by atoms with Crippen LogP contribution in [0.2, 0.25) is 0 Å². The van der Waals surface area contributed by atoms with Crippen molar-refractivity contribution in [3.8, 4) is 12.3 Å². The highest BCUT2D eigenvalue weighted by atomic mass is 16.6. The van der Waals surface area contributed by atoms with Gasteiger partial charge in [0.2, 0.25) is 17.7 Å². The third-order valence-electron chi connectivity index (χ3n) is 5.74. The van der Waals surface area contributed by atoms with Gasteiger partial charge in [-0.2, -0.15) is 0 Å². The fourth-order valence-electron chi connectivity index (χ4n) is 3.81. The van der Waals surface area contributed by atoms with E-state index in [0.717, 1.165) is 25.7 Å². The Labute approximate surface area is 227 Å². The van der Waals surface area contributed by atoms with E-state index < -0.39 is 35.6 Å². The molecule has 1 aromatic rings. The molecule has 0 saturated carbocycles. The molecule has 9 heteroatoms. The normalized spacial score (nSPS) is 12.5. The minimum atomic E-state index is -1.12. The third-order valence-corrected chi connectivity index (χ3v) is 5.74. The Hall–Kier alpha value is -3.54. The topological polar surface area (TPSA) is 131 Å². The molecule has 0 saturated heterocycles. The molecule has 2 atom stereocenters. The zero-order chi connectivity index (χ0) is 28.7. The minimum Gasteiger partial charge on any atom is -0.444 e. The van der Waals surface area contributed by atoms with E-state index in [-0.39, 0.29) is 25.3 Å². The van der Waals surface area contributed by atoms with E-state index in [2.05, 4.69) is 23.5 Å². The molecular weight excluding hydrogens is 484 g/mol. The van der Waals surface area contributed by atoms with Gasteiger partial charge in [-0.1, -0.05) is 51.2 Å². The number of rotatable bonds is 15. The van der Waals surface area contributed by atoms with Gasteiger partial charge in [0.25, 0.3) is 0 Å². The van der Waals surface area contributed by atoms with E-state index in [1.807, 2.05) is 6.92 Å². The first kappa shape index (κ1) is 32.5. The highest BCUT2D eigenvalue weighted by Crippen LogP contribution is 2.25. The van der Waals surface area contributed by atoms with Crippen LogP contribution in [0.1, 0.15) is 96.7 Å². The number of carbonyl (C=O) groups excluding carboxylic acids is 4. The lowest BCUT2D eigenvalue weighted by atomic mass is 10.00. The molecule has 0 aliphatic rings. The van der Waals surface area contributed by atoms with Gasteiger partial charge >= 0.3 is 6.09 Å². The molecule has 0 aliphatic heterocycles. The summed E-state index contributed by atoms with van der Waals surface area (Å²) in [5, 5.41) is 5.55. The fourth-order valence-corrected chi connectivity index (χ4v) is 3.81. The maximum absolute atomic E-state index is 14.0. The van der Waals surface area contributed by atoms with E-state index >= 15 is 0 Å². The Morgan fingerprint density at radius 3 is 2.21 bits per heavy atom. The number of primary amides is 1. The molecule has 0 heterocycles. The summed E-state index contributed by atoms with van der Waals surface area (Å²) in [6.07, 6.45) is 8.74. The molecule has 1 rings (SSSR count). The number of nitrogens with two attached hydrogens (primary N) is 1. The summed E-state index contributed by atoms with van der Waals surface area (Å²) in [5.41, 5.74) is 5.80. The van der Waals surface area contributed by atoms with Crippen LogP contribution in [0.3, 0.4) is 0 Å². The average molecular weight is 529 g/mol. The molecule has 9 nitrogen and oxygen atoms in total. The molecule has 4 amide bonds. The first-order chi connectivity index (χ1) is 17.9. The van der Waals surface area contributed by atoms with Crippen molar-refractivity contribution in [2.45, 2.75) is 97.2 Å². The van der Waals surface area contributed by atoms with Crippen molar-refractivity contribution in [2.75, 3.05) is 13.1 Å². The standard InChI is InChI=1S/C29H44N4O5/c1-7-10-12-19-31-26(35)25(22-15-13-21(9-3)14-16-22)33(20-11-8-2)27(36)23(17-18-24(30)34)32-28(37)38-29(4,5)6/h3,13-16,23,25H,7-8,10-12,17-20H2,1-2,4-6H3,(H2,30,34)(H,31,35)(H,32,37). The van der Waals surface area contributed by atoms with Gasteiger partial charge in [0, 0.05) is 25.1 Å². The van der Waals surface area contributed by atoms with Crippen molar-refractivity contribution in [3.63, 3.8) is 0 Å². The molecule has 0 aromatic heterocycles. The first-order valence-corrected chi connectivity index (χ1v) is 13.4. The van der Waals surface area contributed by atoms with Crippen molar-refractivity contribution in [2.24, 2.45) is 5.73 Å². The Bertz CT molecular complexity index is 963. The van der Waals surface area contributed by atoms with Gasteiger partial charge in [0.15, 0.2) is 0 Å². The summed E-state index contributed by atoms with van der Waals surface area (Å²) in [5.74, 6) is 1.12. The monoisotopic (exact) mass is 528 g/mol. The predicted octanol–water partition coefficient (Wildman–Crippen LogP) is 3.80. The van der Waals surface area contributed by atoms with Crippen molar-refractivity contribution < 1.29 is 23.9 Å². The zero-order valence-corrected chi connectivity index (χ0v) is 23.5. The number of terminal acetylenes is 1. The lowest BCUT2D eigenvalue weighted by Crippen LogP contribution is -2.53. The quantitative estimate of drug-likeness (QED) is 0.235. The number of unbranched alkanes of at least 4 members (excludes halogenated alkanes) is 3. The zero-order valence-electron chi connectivity index (χ0n) is 23.5. The van der Waals surface area contributed by atoms with Gasteiger partial charge in [-0.05, 0) is 57.7 Å². The molecule has 38 heavy (non-hydrogen) atoms. The summed E-state index contributed by atoms with van der Waals surface area (Å²) in [7, 11) is 0. The van der Waals surface area contributed by atoms with Gasteiger partial charge in [-0.25, -0.2) is 4.79 Å². The van der Waals surface area contributed by atoms with Crippen LogP contribution in [0.25, 0.3) is 0 Å². The highest BCUT2D eigenvalue weighted by molar-refractivity contribution is 5.92. The predicted molar refractivity (Wildman–Crippen MR) is 148 cm³/mol. The van der Waals surface area contributed by atoms with Crippen LogP contribution in [0, 0.1) is 12.3 Å². The Balaban J connectivity index is 3.44. The highest BCUT2D eigenvalue weighted by Gasteiger charge is 2.36. The van der Waals surface area contributed by atoms with E-state index in [1.165, 1.54) is 4.90 Å². The number of alkyl carbamates (subject to hydrolysis) is 1. The van der Waals surface area contributed by atoms with Crippen LogP contribution in [-0.4, -0.2) is 53.4 Å². The first-order valence-electron chi connectivity index (χ1n) is 13.4. The molecule has 0 aliphatic carbocycles. The maximum atomic E-state index is 14.0. The second-order valence-electron chi connectivity index (χ2n) is 10.3. The number of benzene rings is 1. The number of hydrogen-bond donors (Lipinski definition) is 3. The third kappa shape index (κ3) is 11.7. The molecule has 0 spiro atoms. The smallest absolute Gasteiger partial charge is 0.408 e. The van der Waals surface area contributed by atoms with Crippen LogP contribution in [-0.2, 0) is 19.1 Å². The molecule has 0 radical (unpaired) electrons. The summed E-state index contributed by atoms with van der Waals surface area (Å²) in [4.78, 5) is 53.1. The Morgan fingerprint density at radius 2 is 1.68 bits per heavy atom. The molecule has 0 fully saturated rings. The molecule has 4 N–H and O–H groups in total. The number of ether oxygens (including phenoxy) is 1. The Morgan fingerprint density at radius 1 is 1.05 bits per heavy atom. The van der Waals surface area contributed by atoms with Gasteiger partial charge in [0.1, 0.15) is 17.7 Å². The van der Waals surface area contributed by atoms with Gasteiger partial charge in [-0.3, -0.25) is 14.4 Å². The minimum absolute atomic E-state index is 0.0308. The van der Waals surface area contributed by atoms with Crippen molar-refractivity contribution in [1.82, 2.24) is 15.5 Å². The number of nitrogens with one attached hydrogen (secondary N) is 2.